The van der Waals surface area contributed by atoms with Crippen molar-refractivity contribution >= 4 is 5.78 Å². The van der Waals surface area contributed by atoms with Gasteiger partial charge in [-0.1, -0.05) is 12.2 Å². The number of carbonyl (C=O) groups excluding carboxylic acids is 1. The summed E-state index contributed by atoms with van der Waals surface area (Å²) < 4.78 is 0. The lowest BCUT2D eigenvalue weighted by Crippen LogP contribution is -1.87. The molecule has 0 aromatic rings. The maximum atomic E-state index is 10.7. The van der Waals surface area contributed by atoms with E-state index >= 15 is 0 Å². The van der Waals surface area contributed by atoms with E-state index in [4.69, 9.17) is 0 Å². The SMILES string of the molecule is O=C1C=CCCCC=C1. The van der Waals surface area contributed by atoms with E-state index in [9.17, 15) is 4.79 Å². The molecule has 1 nitrogen and oxygen atoms in total. The van der Waals surface area contributed by atoms with Crippen LogP contribution < -0.4 is 0 Å². The van der Waals surface area contributed by atoms with E-state index in [2.05, 4.69) is 0 Å². The van der Waals surface area contributed by atoms with Crippen molar-refractivity contribution in [2.75, 3.05) is 0 Å². The standard InChI is InChI=1S/C8H10O/c9-8-6-4-2-1-3-5-7-8/h4-7H,1-3H2. The third-order valence-corrected chi connectivity index (χ3v) is 1.31. The monoisotopic (exact) mass is 122 g/mol. The van der Waals surface area contributed by atoms with Gasteiger partial charge in [0.2, 0.25) is 0 Å². The summed E-state index contributed by atoms with van der Waals surface area (Å²) in [6.07, 6.45) is 10.4. The van der Waals surface area contributed by atoms with Crippen LogP contribution in [0.3, 0.4) is 0 Å². The Labute approximate surface area is 55.1 Å². The second-order valence-electron chi connectivity index (χ2n) is 2.14. The Morgan fingerprint density at radius 3 is 2.22 bits per heavy atom. The van der Waals surface area contributed by atoms with Crippen LogP contribution in [0.1, 0.15) is 19.3 Å². The van der Waals surface area contributed by atoms with Crippen molar-refractivity contribution in [2.45, 2.75) is 19.3 Å². The summed E-state index contributed by atoms with van der Waals surface area (Å²) in [6.45, 7) is 0. The van der Waals surface area contributed by atoms with E-state index in [1.54, 1.807) is 12.2 Å². The molecule has 0 aromatic carbocycles. The average Bonchev–Trinajstić information content (AvgIpc) is 1.79. The predicted molar refractivity (Wildman–Crippen MR) is 37.1 cm³/mol. The molecule has 0 atom stereocenters. The fraction of sp³-hybridized carbons (Fsp3) is 0.375. The van der Waals surface area contributed by atoms with Gasteiger partial charge in [-0.3, -0.25) is 4.79 Å². The van der Waals surface area contributed by atoms with E-state index in [-0.39, 0.29) is 5.78 Å². The van der Waals surface area contributed by atoms with Gasteiger partial charge in [-0.15, -0.1) is 0 Å². The summed E-state index contributed by atoms with van der Waals surface area (Å²) in [4.78, 5) is 10.7. The molecule has 0 fully saturated rings. The van der Waals surface area contributed by atoms with Gasteiger partial charge in [0.25, 0.3) is 0 Å². The maximum Gasteiger partial charge on any atom is 0.177 e. The van der Waals surface area contributed by atoms with Crippen LogP contribution >= 0.6 is 0 Å². The summed E-state index contributed by atoms with van der Waals surface area (Å²) >= 11 is 0. The molecule has 0 N–H and O–H groups in total. The second kappa shape index (κ2) is 3.23. The van der Waals surface area contributed by atoms with Crippen LogP contribution in [-0.4, -0.2) is 5.78 Å². The number of hydrogen-bond acceptors (Lipinski definition) is 1. The van der Waals surface area contributed by atoms with E-state index in [0.29, 0.717) is 0 Å². The van der Waals surface area contributed by atoms with Crippen molar-refractivity contribution in [2.24, 2.45) is 0 Å². The first-order valence-corrected chi connectivity index (χ1v) is 3.26. The van der Waals surface area contributed by atoms with Crippen molar-refractivity contribution in [3.63, 3.8) is 0 Å². The normalized spacial score (nSPS) is 19.3. The van der Waals surface area contributed by atoms with Gasteiger partial charge in [-0.05, 0) is 31.4 Å². The van der Waals surface area contributed by atoms with E-state index in [1.807, 2.05) is 12.2 Å². The minimum absolute atomic E-state index is 0.120. The first kappa shape index (κ1) is 6.27. The molecular weight excluding hydrogens is 112 g/mol. The van der Waals surface area contributed by atoms with Gasteiger partial charge in [0.15, 0.2) is 5.78 Å². The molecular formula is C8H10O. The molecule has 1 aliphatic carbocycles. The molecule has 0 bridgehead atoms. The van der Waals surface area contributed by atoms with Crippen molar-refractivity contribution in [3.8, 4) is 0 Å². The highest BCUT2D eigenvalue weighted by atomic mass is 16.1. The molecule has 0 saturated heterocycles. The highest BCUT2D eigenvalue weighted by molar-refractivity contribution is 5.99. The van der Waals surface area contributed by atoms with Crippen LogP contribution in [0.2, 0.25) is 0 Å². The third kappa shape index (κ3) is 2.27. The predicted octanol–water partition coefficient (Wildman–Crippen LogP) is 1.85. The molecule has 0 unspecified atom stereocenters. The molecule has 1 heteroatoms. The minimum atomic E-state index is 0.120. The zero-order chi connectivity index (χ0) is 6.53. The lowest BCUT2D eigenvalue weighted by molar-refractivity contribution is -0.110. The fourth-order valence-electron chi connectivity index (χ4n) is 0.808. The van der Waals surface area contributed by atoms with Gasteiger partial charge in [-0.2, -0.15) is 0 Å². The van der Waals surface area contributed by atoms with E-state index < -0.39 is 0 Å². The smallest absolute Gasteiger partial charge is 0.177 e. The molecule has 1 aliphatic rings. The van der Waals surface area contributed by atoms with Crippen molar-refractivity contribution in [3.05, 3.63) is 24.3 Å². The third-order valence-electron chi connectivity index (χ3n) is 1.31. The van der Waals surface area contributed by atoms with Crippen LogP contribution in [0.15, 0.2) is 24.3 Å². The molecule has 0 aromatic heterocycles. The summed E-state index contributed by atoms with van der Waals surface area (Å²) in [5.41, 5.74) is 0. The zero-order valence-corrected chi connectivity index (χ0v) is 5.34. The number of rotatable bonds is 0. The Morgan fingerprint density at radius 2 is 1.67 bits per heavy atom. The molecule has 9 heavy (non-hydrogen) atoms. The Balaban J connectivity index is 2.55. The molecule has 0 saturated carbocycles. The highest BCUT2D eigenvalue weighted by Crippen LogP contribution is 2.01. The average molecular weight is 122 g/mol. The Morgan fingerprint density at radius 1 is 1.11 bits per heavy atom. The van der Waals surface area contributed by atoms with Crippen LogP contribution in [-0.2, 0) is 4.79 Å². The topological polar surface area (TPSA) is 17.1 Å². The van der Waals surface area contributed by atoms with Crippen molar-refractivity contribution in [1.82, 2.24) is 0 Å². The second-order valence-corrected chi connectivity index (χ2v) is 2.14. The zero-order valence-electron chi connectivity index (χ0n) is 5.34. The minimum Gasteiger partial charge on any atom is -0.290 e. The molecule has 0 spiro atoms. The van der Waals surface area contributed by atoms with Crippen LogP contribution in [0, 0.1) is 0 Å². The van der Waals surface area contributed by atoms with Crippen LogP contribution in [0.25, 0.3) is 0 Å². The van der Waals surface area contributed by atoms with Crippen LogP contribution in [0.4, 0.5) is 0 Å². The largest absolute Gasteiger partial charge is 0.290 e. The number of hydrogen-bond donors (Lipinski definition) is 0. The van der Waals surface area contributed by atoms with Gasteiger partial charge in [-0.25, -0.2) is 0 Å². The van der Waals surface area contributed by atoms with Crippen LogP contribution in [0.5, 0.6) is 0 Å². The van der Waals surface area contributed by atoms with Crippen molar-refractivity contribution < 1.29 is 4.79 Å². The van der Waals surface area contributed by atoms with E-state index in [1.165, 1.54) is 6.42 Å². The lowest BCUT2D eigenvalue weighted by atomic mass is 10.1. The fourth-order valence-corrected chi connectivity index (χ4v) is 0.808. The molecule has 1 rings (SSSR count). The number of ketones is 1. The quantitative estimate of drug-likeness (QED) is 0.479. The molecule has 0 radical (unpaired) electrons. The molecule has 48 valence electrons. The molecule has 0 aliphatic heterocycles. The first-order chi connectivity index (χ1) is 4.39. The summed E-state index contributed by atoms with van der Waals surface area (Å²) in [6, 6.07) is 0. The Kier molecular flexibility index (Phi) is 2.25. The number of carbonyl (C=O) groups is 1. The van der Waals surface area contributed by atoms with Gasteiger partial charge in [0.05, 0.1) is 0 Å². The first-order valence-electron chi connectivity index (χ1n) is 3.26. The molecule has 0 amide bonds. The maximum absolute atomic E-state index is 10.7. The van der Waals surface area contributed by atoms with Gasteiger partial charge in [0, 0.05) is 0 Å². The van der Waals surface area contributed by atoms with Gasteiger partial charge in [0.1, 0.15) is 0 Å². The summed E-state index contributed by atoms with van der Waals surface area (Å²) in [5, 5.41) is 0. The van der Waals surface area contributed by atoms with Gasteiger partial charge < -0.3 is 0 Å². The Bertz CT molecular complexity index is 138. The number of allylic oxidation sites excluding steroid dienone is 4. The van der Waals surface area contributed by atoms with Gasteiger partial charge >= 0.3 is 0 Å². The Hall–Kier alpha value is -0.850. The highest BCUT2D eigenvalue weighted by Gasteiger charge is 1.90. The molecule has 0 heterocycles. The summed E-state index contributed by atoms with van der Waals surface area (Å²) in [5.74, 6) is 0.120. The lowest BCUT2D eigenvalue weighted by Gasteiger charge is -1.92. The van der Waals surface area contributed by atoms with Crippen molar-refractivity contribution in [1.29, 1.82) is 0 Å². The van der Waals surface area contributed by atoms with E-state index in [0.717, 1.165) is 12.8 Å². The summed E-state index contributed by atoms with van der Waals surface area (Å²) in [7, 11) is 0.